The minimum absolute atomic E-state index is 2.17. The van der Waals surface area contributed by atoms with Gasteiger partial charge in [-0.25, -0.2) is 4.79 Å². The lowest BCUT2D eigenvalue weighted by Gasteiger charge is -2.45. The van der Waals surface area contributed by atoms with E-state index >= 15 is 0 Å². The van der Waals surface area contributed by atoms with Crippen molar-refractivity contribution < 1.29 is 116 Å². The Morgan fingerprint density at radius 2 is 0.650 bits per heavy atom. The van der Waals surface area contributed by atoms with Crippen molar-refractivity contribution in [1.29, 1.82) is 0 Å². The number of hydrogen-bond donors (Lipinski definition) is 1. The standard InChI is InChI=1S/C14H5F23O3/c15-4(16,2-40-1-3(38)39)5(17,18)6(19,20)7(21,22)8(23,24)9(25,26)10(27,28)11(29,30)12(31,32)13(33,34)14(35,36)37/h1-2H2,(H,38,39). The quantitative estimate of drug-likeness (QED) is 0.217. The van der Waals surface area contributed by atoms with E-state index in [-0.39, 0.29) is 0 Å². The average molecular weight is 658 g/mol. The Morgan fingerprint density at radius 3 is 0.875 bits per heavy atom. The van der Waals surface area contributed by atoms with Crippen molar-refractivity contribution >= 4 is 5.97 Å². The van der Waals surface area contributed by atoms with Crippen LogP contribution in [0.1, 0.15) is 0 Å². The maximum absolute atomic E-state index is 13.6. The number of alkyl halides is 23. The molecule has 0 spiro atoms. The molecule has 0 amide bonds. The van der Waals surface area contributed by atoms with Gasteiger partial charge < -0.3 is 9.84 Å². The fraction of sp³-hybridized carbons (Fsp3) is 0.929. The second-order valence-electron chi connectivity index (χ2n) is 7.26. The van der Waals surface area contributed by atoms with Crippen LogP contribution < -0.4 is 0 Å². The van der Waals surface area contributed by atoms with E-state index < -0.39 is 84.6 Å². The minimum atomic E-state index is -9.47. The Kier molecular flexibility index (Phi) is 9.16. The molecule has 0 aliphatic carbocycles. The van der Waals surface area contributed by atoms with Crippen molar-refractivity contribution in [2.24, 2.45) is 0 Å². The van der Waals surface area contributed by atoms with Gasteiger partial charge in [-0.05, 0) is 0 Å². The highest BCUT2D eigenvalue weighted by Crippen LogP contribution is 2.67. The van der Waals surface area contributed by atoms with Crippen molar-refractivity contribution in [2.45, 2.75) is 65.4 Å². The fourth-order valence-corrected chi connectivity index (χ4v) is 2.15. The number of hydrogen-bond acceptors (Lipinski definition) is 2. The zero-order valence-electron chi connectivity index (χ0n) is 17.4. The fourth-order valence-electron chi connectivity index (χ4n) is 2.15. The molecule has 0 unspecified atom stereocenters. The van der Waals surface area contributed by atoms with Crippen LogP contribution in [0, 0.1) is 0 Å². The van der Waals surface area contributed by atoms with Crippen molar-refractivity contribution in [1.82, 2.24) is 0 Å². The predicted octanol–water partition coefficient (Wildman–Crippen LogP) is 7.00. The SMILES string of the molecule is O=C(O)COCC(F)(F)C(F)(F)C(F)(F)C(F)(F)C(F)(F)C(F)(F)C(F)(F)C(F)(F)C(F)(F)C(F)(F)C(F)(F)F. The van der Waals surface area contributed by atoms with Crippen LogP contribution in [-0.4, -0.2) is 89.7 Å². The number of ether oxygens (including phenoxy) is 1. The van der Waals surface area contributed by atoms with Crippen molar-refractivity contribution in [3.63, 3.8) is 0 Å². The van der Waals surface area contributed by atoms with Gasteiger partial charge >= 0.3 is 71.4 Å². The summed E-state index contributed by atoms with van der Waals surface area (Å²) in [6, 6.07) is 0. The summed E-state index contributed by atoms with van der Waals surface area (Å²) in [6.07, 6.45) is -8.12. The molecule has 0 fully saturated rings. The van der Waals surface area contributed by atoms with E-state index in [0.29, 0.717) is 0 Å². The third-order valence-electron chi connectivity index (χ3n) is 4.48. The smallest absolute Gasteiger partial charge is 0.460 e. The molecule has 0 rings (SSSR count). The van der Waals surface area contributed by atoms with E-state index in [1.807, 2.05) is 0 Å². The number of carbonyl (C=O) groups is 1. The van der Waals surface area contributed by atoms with Gasteiger partial charge in [0.1, 0.15) is 13.2 Å². The van der Waals surface area contributed by atoms with Gasteiger partial charge in [0.05, 0.1) is 0 Å². The van der Waals surface area contributed by atoms with Crippen molar-refractivity contribution in [2.75, 3.05) is 13.2 Å². The lowest BCUT2D eigenvalue weighted by molar-refractivity contribution is -0.478. The lowest BCUT2D eigenvalue weighted by Crippen LogP contribution is -2.77. The van der Waals surface area contributed by atoms with E-state index in [9.17, 15) is 106 Å². The van der Waals surface area contributed by atoms with Crippen molar-refractivity contribution in [3.05, 3.63) is 0 Å². The number of halogens is 23. The second kappa shape index (κ2) is 9.69. The van der Waals surface area contributed by atoms with E-state index in [1.54, 1.807) is 0 Å². The number of carboxylic acid groups (broad SMARTS) is 1. The lowest BCUT2D eigenvalue weighted by atomic mass is 9.85. The van der Waals surface area contributed by atoms with Gasteiger partial charge in [-0.2, -0.15) is 101 Å². The normalized spacial score (nSPS) is 16.4. The van der Waals surface area contributed by atoms with E-state index in [2.05, 4.69) is 4.74 Å². The summed E-state index contributed by atoms with van der Waals surface area (Å²) in [5.74, 6) is -91.0. The molecular formula is C14H5F23O3. The Morgan fingerprint density at radius 1 is 0.425 bits per heavy atom. The highest BCUT2D eigenvalue weighted by Gasteiger charge is 2.98. The van der Waals surface area contributed by atoms with Crippen LogP contribution in [0.25, 0.3) is 0 Å². The molecule has 0 radical (unpaired) electrons. The molecule has 0 aromatic heterocycles. The van der Waals surface area contributed by atoms with E-state index in [1.165, 1.54) is 0 Å². The summed E-state index contributed by atoms with van der Waals surface area (Å²) >= 11 is 0. The Balaban J connectivity index is 7.04. The van der Waals surface area contributed by atoms with Gasteiger partial charge in [0, 0.05) is 0 Å². The zero-order chi connectivity index (χ0) is 33.2. The Hall–Kier alpha value is -2.18. The molecule has 1 N–H and O–H groups in total. The highest BCUT2D eigenvalue weighted by atomic mass is 19.4. The molecule has 26 heteroatoms. The van der Waals surface area contributed by atoms with Crippen LogP contribution in [-0.2, 0) is 9.53 Å². The number of rotatable bonds is 13. The van der Waals surface area contributed by atoms with Gasteiger partial charge in [-0.15, -0.1) is 0 Å². The van der Waals surface area contributed by atoms with Crippen LogP contribution in [0.15, 0.2) is 0 Å². The topological polar surface area (TPSA) is 46.5 Å². The van der Waals surface area contributed by atoms with Crippen LogP contribution in [0.5, 0.6) is 0 Å². The number of aliphatic carboxylic acids is 1. The summed E-state index contributed by atoms with van der Waals surface area (Å²) in [7, 11) is 0. The molecule has 0 aliphatic heterocycles. The largest absolute Gasteiger partial charge is 0.480 e. The molecule has 0 heterocycles. The van der Waals surface area contributed by atoms with Gasteiger partial charge in [0.2, 0.25) is 0 Å². The maximum Gasteiger partial charge on any atom is 0.460 e. The van der Waals surface area contributed by atoms with Crippen LogP contribution in [0.4, 0.5) is 101 Å². The molecule has 0 saturated carbocycles. The molecule has 0 atom stereocenters. The maximum atomic E-state index is 13.6. The summed E-state index contributed by atoms with van der Waals surface area (Å²) in [5.41, 5.74) is 0. The second-order valence-corrected chi connectivity index (χ2v) is 7.26. The van der Waals surface area contributed by atoms with Crippen LogP contribution in [0.3, 0.4) is 0 Å². The van der Waals surface area contributed by atoms with Crippen LogP contribution in [0.2, 0.25) is 0 Å². The summed E-state index contributed by atoms with van der Waals surface area (Å²) < 4.78 is 306. The molecule has 40 heavy (non-hydrogen) atoms. The first-order valence-electron chi connectivity index (χ1n) is 8.56. The van der Waals surface area contributed by atoms with Gasteiger partial charge in [0.25, 0.3) is 0 Å². The Bertz CT molecular complexity index is 932. The summed E-state index contributed by atoms with van der Waals surface area (Å²) in [4.78, 5) is 9.99. The van der Waals surface area contributed by atoms with Gasteiger partial charge in [0.15, 0.2) is 0 Å². The first-order valence-corrected chi connectivity index (χ1v) is 8.56. The zero-order valence-corrected chi connectivity index (χ0v) is 17.4. The molecule has 0 saturated heterocycles. The predicted molar refractivity (Wildman–Crippen MR) is 74.0 cm³/mol. The molecule has 240 valence electrons. The monoisotopic (exact) mass is 658 g/mol. The molecule has 0 aliphatic rings. The summed E-state index contributed by atoms with van der Waals surface area (Å²) in [5, 5.41) is 7.99. The third kappa shape index (κ3) is 4.83. The molecule has 0 aromatic carbocycles. The molecule has 3 nitrogen and oxygen atoms in total. The minimum Gasteiger partial charge on any atom is -0.480 e. The highest BCUT2D eigenvalue weighted by molar-refractivity contribution is 5.68. The summed E-state index contributed by atoms with van der Waals surface area (Å²) in [6.45, 7) is -5.65. The first kappa shape index (κ1) is 37.8. The van der Waals surface area contributed by atoms with E-state index in [4.69, 9.17) is 5.11 Å². The Labute approximate surface area is 201 Å². The van der Waals surface area contributed by atoms with Gasteiger partial charge in [-0.3, -0.25) is 0 Å². The van der Waals surface area contributed by atoms with E-state index in [0.717, 1.165) is 0 Å². The molecular weight excluding hydrogens is 653 g/mol. The number of carboxylic acids is 1. The third-order valence-corrected chi connectivity index (χ3v) is 4.48. The van der Waals surface area contributed by atoms with Crippen LogP contribution >= 0.6 is 0 Å². The first-order chi connectivity index (χ1) is 16.9. The van der Waals surface area contributed by atoms with Crippen molar-refractivity contribution in [3.8, 4) is 0 Å². The molecule has 0 bridgehead atoms. The molecule has 0 aromatic rings. The van der Waals surface area contributed by atoms with Gasteiger partial charge in [-0.1, -0.05) is 0 Å². The average Bonchev–Trinajstić information content (AvgIpc) is 2.71.